The lowest BCUT2D eigenvalue weighted by Crippen LogP contribution is -2.40. The van der Waals surface area contributed by atoms with Crippen LogP contribution in [-0.4, -0.2) is 36.0 Å². The molecule has 0 bridgehead atoms. The van der Waals surface area contributed by atoms with Crippen molar-refractivity contribution in [1.82, 2.24) is 0 Å². The number of amides is 4. The number of halogens is 3. The molecule has 10 nitrogen and oxygen atoms in total. The summed E-state index contributed by atoms with van der Waals surface area (Å²) >= 11 is 0. The van der Waals surface area contributed by atoms with Crippen molar-refractivity contribution in [1.29, 1.82) is 0 Å². The molecule has 0 N–H and O–H groups in total. The molecular weight excluding hydrogens is 681 g/mol. The summed E-state index contributed by atoms with van der Waals surface area (Å²) in [6.07, 6.45) is -3.87. The van der Waals surface area contributed by atoms with Gasteiger partial charge < -0.3 is 18.9 Å². The van der Waals surface area contributed by atoms with E-state index in [0.717, 1.165) is 22.8 Å². The average Bonchev–Trinajstić information content (AvgIpc) is 3.60. The molecule has 4 aliphatic rings. The van der Waals surface area contributed by atoms with Crippen LogP contribution in [0.5, 0.6) is 23.0 Å². The smallest absolute Gasteiger partial charge is 0.423 e. The third-order valence-corrected chi connectivity index (χ3v) is 10.0. The van der Waals surface area contributed by atoms with E-state index in [4.69, 9.17) is 9.47 Å². The first-order valence-corrected chi connectivity index (χ1v) is 16.0. The van der Waals surface area contributed by atoms with E-state index < -0.39 is 36.0 Å². The van der Waals surface area contributed by atoms with Crippen LogP contribution in [0.4, 0.5) is 24.5 Å². The molecule has 52 heavy (non-hydrogen) atoms. The van der Waals surface area contributed by atoms with Crippen LogP contribution < -0.4 is 28.7 Å². The minimum atomic E-state index is -3.87. The molecule has 13 heteroatoms. The predicted molar refractivity (Wildman–Crippen MR) is 180 cm³/mol. The molecule has 1 atom stereocenters. The number of fused-ring (bicyclic) bond motifs is 4. The van der Waals surface area contributed by atoms with Gasteiger partial charge in [-0.25, -0.2) is 9.80 Å². The van der Waals surface area contributed by atoms with Crippen molar-refractivity contribution in [2.24, 2.45) is 0 Å². The summed E-state index contributed by atoms with van der Waals surface area (Å²) in [5.41, 5.74) is 1.22. The highest BCUT2D eigenvalue weighted by Gasteiger charge is 2.45. The Hall–Kier alpha value is -6.89. The Morgan fingerprint density at radius 2 is 0.788 bits per heavy atom. The highest BCUT2D eigenvalue weighted by Crippen LogP contribution is 2.49. The van der Waals surface area contributed by atoms with Gasteiger partial charge in [-0.3, -0.25) is 19.2 Å². The number of ether oxygens (including phenoxy) is 4. The summed E-state index contributed by atoms with van der Waals surface area (Å²) in [6, 6.07) is 19.2. The number of carbonyl (C=O) groups excluding carboxylic acids is 4. The quantitative estimate of drug-likeness (QED) is 0.101. The van der Waals surface area contributed by atoms with Gasteiger partial charge in [0, 0.05) is 52.1 Å². The van der Waals surface area contributed by atoms with Gasteiger partial charge in [-0.2, -0.15) is 4.39 Å². The fourth-order valence-electron chi connectivity index (χ4n) is 8.03. The lowest BCUT2D eigenvalue weighted by molar-refractivity contribution is -0.286. The van der Waals surface area contributed by atoms with E-state index in [9.17, 15) is 32.3 Å². The lowest BCUT2D eigenvalue weighted by Gasteiger charge is -2.30. The lowest BCUT2D eigenvalue weighted by atomic mass is 9.82. The van der Waals surface area contributed by atoms with Gasteiger partial charge in [0.05, 0.1) is 11.4 Å². The number of alkyl halides is 3. The summed E-state index contributed by atoms with van der Waals surface area (Å²) in [7, 11) is 0. The molecule has 4 heterocycles. The second-order valence-electron chi connectivity index (χ2n) is 13.0. The van der Waals surface area contributed by atoms with E-state index in [-0.39, 0.29) is 56.6 Å². The van der Waals surface area contributed by atoms with Gasteiger partial charge in [-0.1, -0.05) is 24.3 Å². The maximum Gasteiger partial charge on any atom is 0.586 e. The number of rotatable bonds is 2. The van der Waals surface area contributed by atoms with Crippen LogP contribution in [-0.2, 0) is 0 Å². The average molecular weight is 699 g/mol. The number of anilines is 2. The van der Waals surface area contributed by atoms with E-state index in [1.807, 2.05) is 0 Å². The molecule has 252 valence electrons. The number of hydrogen-bond acceptors (Lipinski definition) is 8. The zero-order chi connectivity index (χ0) is 35.6. The fourth-order valence-corrected chi connectivity index (χ4v) is 8.03. The van der Waals surface area contributed by atoms with Gasteiger partial charge in [-0.15, -0.1) is 8.78 Å². The SMILES string of the molecule is CC1(F)Oc2ccc(N3C(=O)c4ccc5c6ccc7c8c(ccc(c9ccc(c4c59)C3=O)c86)C(=O)N(c3ccc4c(c3)OC(F)(F)O4)C7=O)cc2O1. The molecule has 0 saturated carbocycles. The second kappa shape index (κ2) is 9.06. The van der Waals surface area contributed by atoms with Crippen molar-refractivity contribution in [2.45, 2.75) is 19.3 Å². The van der Waals surface area contributed by atoms with Gasteiger partial charge in [0.15, 0.2) is 23.0 Å². The Bertz CT molecular complexity index is 2610. The van der Waals surface area contributed by atoms with Crippen molar-refractivity contribution in [3.8, 4) is 23.0 Å². The minimum Gasteiger partial charge on any atom is -0.423 e. The molecule has 7 aromatic carbocycles. The maximum absolute atomic E-state index is 14.4. The van der Waals surface area contributed by atoms with E-state index in [1.54, 1.807) is 48.5 Å². The standard InChI is InChI=1S/C39H17F3N2O8/c1-38(40)49-26-12-2-16(14-28(26)50-38)43-34(45)22-8-4-18-20-6-10-24-33-25(11-7-21(31(20)33)19-5-9-23(35(43)46)32(22)30(18)19)37(48)44(36(24)47)17-3-13-27-29(15-17)52-39(41,42)51-27/h2-15H,1H3. The molecule has 0 aromatic heterocycles. The molecule has 11 rings (SSSR count). The Labute approximate surface area is 288 Å². The molecule has 4 amide bonds. The third kappa shape index (κ3) is 3.53. The van der Waals surface area contributed by atoms with Crippen molar-refractivity contribution >= 4 is 78.1 Å². The zero-order valence-corrected chi connectivity index (χ0v) is 26.4. The summed E-state index contributed by atoms with van der Waals surface area (Å²) in [6.45, 7) is 1.10. The Balaban J connectivity index is 1.07. The van der Waals surface area contributed by atoms with Gasteiger partial charge in [0.25, 0.3) is 23.6 Å². The van der Waals surface area contributed by atoms with Crippen LogP contribution in [0.2, 0.25) is 0 Å². The molecule has 7 aromatic rings. The third-order valence-electron chi connectivity index (χ3n) is 10.0. The number of carbonyl (C=O) groups is 4. The highest BCUT2D eigenvalue weighted by atomic mass is 19.3. The largest absolute Gasteiger partial charge is 0.586 e. The topological polar surface area (TPSA) is 112 Å². The van der Waals surface area contributed by atoms with Gasteiger partial charge >= 0.3 is 12.3 Å². The van der Waals surface area contributed by atoms with Crippen LogP contribution in [0.3, 0.4) is 0 Å². The number of benzene rings is 7. The van der Waals surface area contributed by atoms with Crippen molar-refractivity contribution in [3.63, 3.8) is 0 Å². The molecule has 1 unspecified atom stereocenters. The molecule has 0 radical (unpaired) electrons. The number of hydrogen-bond donors (Lipinski definition) is 0. The molecular formula is C39H17F3N2O8. The molecule has 0 fully saturated rings. The van der Waals surface area contributed by atoms with Crippen LogP contribution in [0.1, 0.15) is 48.4 Å². The minimum absolute atomic E-state index is 0.0312. The monoisotopic (exact) mass is 698 g/mol. The normalized spacial score (nSPS) is 19.7. The highest BCUT2D eigenvalue weighted by molar-refractivity contribution is 6.45. The van der Waals surface area contributed by atoms with Gasteiger partial charge in [0.2, 0.25) is 0 Å². The van der Waals surface area contributed by atoms with Gasteiger partial charge in [-0.05, 0) is 80.8 Å². The second-order valence-corrected chi connectivity index (χ2v) is 13.0. The summed E-state index contributed by atoms with van der Waals surface area (Å²) in [4.78, 5) is 58.2. The van der Waals surface area contributed by atoms with E-state index >= 15 is 0 Å². The van der Waals surface area contributed by atoms with Gasteiger partial charge in [0.1, 0.15) is 0 Å². The van der Waals surface area contributed by atoms with E-state index in [1.165, 1.54) is 30.3 Å². The summed E-state index contributed by atoms with van der Waals surface area (Å²) in [5, 5.41) is 4.99. The Morgan fingerprint density at radius 3 is 1.21 bits per heavy atom. The number of nitrogens with zero attached hydrogens (tertiary/aromatic N) is 2. The number of imide groups is 2. The molecule has 4 aliphatic heterocycles. The Morgan fingerprint density at radius 1 is 0.442 bits per heavy atom. The van der Waals surface area contributed by atoms with Crippen molar-refractivity contribution in [3.05, 3.63) is 107 Å². The summed E-state index contributed by atoms with van der Waals surface area (Å²) in [5.74, 6) is -2.81. The first-order valence-electron chi connectivity index (χ1n) is 16.0. The van der Waals surface area contributed by atoms with Crippen LogP contribution in [0.15, 0.2) is 84.9 Å². The van der Waals surface area contributed by atoms with Crippen LogP contribution >= 0.6 is 0 Å². The first kappa shape index (κ1) is 28.9. The van der Waals surface area contributed by atoms with Crippen LogP contribution in [0.25, 0.3) is 43.1 Å². The fraction of sp³-hybridized carbons (Fsp3) is 0.0769. The van der Waals surface area contributed by atoms with E-state index in [0.29, 0.717) is 43.1 Å². The molecule has 0 saturated heterocycles. The predicted octanol–water partition coefficient (Wildman–Crippen LogP) is 8.07. The molecule has 0 spiro atoms. The van der Waals surface area contributed by atoms with Crippen molar-refractivity contribution in [2.75, 3.05) is 9.80 Å². The summed E-state index contributed by atoms with van der Waals surface area (Å²) < 4.78 is 61.2. The van der Waals surface area contributed by atoms with E-state index in [2.05, 4.69) is 9.47 Å². The van der Waals surface area contributed by atoms with Crippen molar-refractivity contribution < 1.29 is 51.3 Å². The first-order chi connectivity index (χ1) is 24.9. The molecule has 0 aliphatic carbocycles. The van der Waals surface area contributed by atoms with Crippen LogP contribution in [0, 0.1) is 0 Å². The zero-order valence-electron chi connectivity index (χ0n) is 26.4. The Kier molecular flexibility index (Phi) is 5.04. The maximum atomic E-state index is 14.4.